The van der Waals surface area contributed by atoms with Crippen molar-refractivity contribution in [3.63, 3.8) is 0 Å². The maximum absolute atomic E-state index is 15.3. The van der Waals surface area contributed by atoms with Crippen molar-refractivity contribution in [2.24, 2.45) is 0 Å². The predicted molar refractivity (Wildman–Crippen MR) is 200 cm³/mol. The molecule has 1 N–H and O–H groups in total. The molecule has 0 saturated carbocycles. The molecule has 0 spiro atoms. The van der Waals surface area contributed by atoms with Gasteiger partial charge in [-0.25, -0.2) is 8.78 Å². The van der Waals surface area contributed by atoms with Crippen LogP contribution >= 0.6 is 0 Å². The minimum Gasteiger partial charge on any atom is -0.508 e. The molecule has 2 amide bonds. The van der Waals surface area contributed by atoms with Crippen LogP contribution in [0.3, 0.4) is 0 Å². The number of anilines is 2. The molecule has 1 aromatic heterocycles. The topological polar surface area (TPSA) is 78.2 Å². The average Bonchev–Trinajstić information content (AvgIpc) is 3.56. The van der Waals surface area contributed by atoms with Crippen LogP contribution in [0.2, 0.25) is 0 Å². The fourth-order valence-corrected chi connectivity index (χ4v) is 8.05. The van der Waals surface area contributed by atoms with Crippen molar-refractivity contribution in [3.05, 3.63) is 136 Å². The number of aryl methyl sites for hydroxylation is 1. The number of nitrogens with zero attached hydrogens (tertiary/aromatic N) is 4. The zero-order chi connectivity index (χ0) is 36.6. The third-order valence-electron chi connectivity index (χ3n) is 10.9. The molecule has 10 heteroatoms. The summed E-state index contributed by atoms with van der Waals surface area (Å²) < 4.78 is 37.9. The highest BCUT2D eigenvalue weighted by Crippen LogP contribution is 2.38. The van der Waals surface area contributed by atoms with Crippen LogP contribution in [0, 0.1) is 18.6 Å². The first-order valence-corrected chi connectivity index (χ1v) is 18.3. The Labute approximate surface area is 307 Å². The second-order valence-corrected chi connectivity index (χ2v) is 14.3. The van der Waals surface area contributed by atoms with E-state index in [-0.39, 0.29) is 17.7 Å². The van der Waals surface area contributed by atoms with Gasteiger partial charge >= 0.3 is 0 Å². The first-order valence-electron chi connectivity index (χ1n) is 18.3. The van der Waals surface area contributed by atoms with Crippen molar-refractivity contribution in [2.45, 2.75) is 51.7 Å². The number of aromatic hydroxyl groups is 1. The fourth-order valence-electron chi connectivity index (χ4n) is 8.05. The number of hydrogen-bond acceptors (Lipinski definition) is 5. The van der Waals surface area contributed by atoms with Crippen molar-refractivity contribution < 1.29 is 28.2 Å². The van der Waals surface area contributed by atoms with Gasteiger partial charge in [-0.3, -0.25) is 19.4 Å². The second kappa shape index (κ2) is 14.6. The number of rotatable bonds is 7. The summed E-state index contributed by atoms with van der Waals surface area (Å²) >= 11 is 0. The maximum atomic E-state index is 15.3. The van der Waals surface area contributed by atoms with Gasteiger partial charge in [0.15, 0.2) is 0 Å². The van der Waals surface area contributed by atoms with Crippen molar-refractivity contribution in [3.8, 4) is 17.0 Å². The minimum absolute atomic E-state index is 0.0347. The monoisotopic (exact) mass is 716 g/mol. The molecule has 8 rings (SSSR count). The van der Waals surface area contributed by atoms with Crippen molar-refractivity contribution >= 4 is 23.2 Å². The molecule has 0 radical (unpaired) electrons. The number of amides is 2. The van der Waals surface area contributed by atoms with E-state index < -0.39 is 17.5 Å². The van der Waals surface area contributed by atoms with Crippen LogP contribution in [-0.2, 0) is 30.7 Å². The lowest BCUT2D eigenvalue weighted by molar-refractivity contribution is 0.0193. The third-order valence-corrected chi connectivity index (χ3v) is 10.9. The molecule has 3 aliphatic rings. The molecular formula is C43H42F2N4O4. The number of phenolic OH excluding ortho intramolecular Hbond substituents is 1. The van der Waals surface area contributed by atoms with Gasteiger partial charge in [-0.05, 0) is 110 Å². The number of ether oxygens (including phenoxy) is 1. The lowest BCUT2D eigenvalue weighted by Gasteiger charge is -2.40. The minimum atomic E-state index is -0.481. The van der Waals surface area contributed by atoms with Crippen LogP contribution in [-0.4, -0.2) is 70.2 Å². The predicted octanol–water partition coefficient (Wildman–Crippen LogP) is 7.66. The van der Waals surface area contributed by atoms with Gasteiger partial charge in [-0.2, -0.15) is 0 Å². The fraction of sp³-hybridized carbons (Fsp3) is 0.302. The molecule has 5 aromatic rings. The summed E-state index contributed by atoms with van der Waals surface area (Å²) in [5, 5.41) is 10.0. The van der Waals surface area contributed by atoms with Gasteiger partial charge in [0.2, 0.25) is 0 Å². The molecular weight excluding hydrogens is 674 g/mol. The smallest absolute Gasteiger partial charge is 0.264 e. The number of carbonyl (C=O) groups excluding carboxylic acids is 2. The molecule has 4 heterocycles. The van der Waals surface area contributed by atoms with E-state index in [2.05, 4.69) is 17.0 Å². The Balaban J connectivity index is 1.21. The Hall–Kier alpha value is -5.32. The highest BCUT2D eigenvalue weighted by Gasteiger charge is 2.35. The van der Waals surface area contributed by atoms with Gasteiger partial charge in [-0.15, -0.1) is 0 Å². The molecule has 272 valence electrons. The van der Waals surface area contributed by atoms with Gasteiger partial charge in [0.25, 0.3) is 11.8 Å². The first kappa shape index (κ1) is 34.7. The standard InChI is InChI=1S/C43H42F2N4O4/c1-28-9-11-33(24-39(28)45)49(32-12-14-35(50)15-13-32)43(52)38-25-41(47-17-5-4-8-40(38)47)37-23-31(44)10-16-36(37)42(51)48-26-30-7-3-2-6-29(30)22-34(48)27-46-18-20-53-21-19-46/h2-3,6-7,9-16,23-25,34,50H,4-5,8,17-22,26-27H2,1H3/t34-/m0/s1. The molecule has 0 unspecified atom stereocenters. The Morgan fingerprint density at radius 2 is 1.60 bits per heavy atom. The van der Waals surface area contributed by atoms with E-state index in [1.165, 1.54) is 40.8 Å². The Morgan fingerprint density at radius 3 is 2.38 bits per heavy atom. The molecule has 1 atom stereocenters. The molecule has 8 nitrogen and oxygen atoms in total. The molecule has 53 heavy (non-hydrogen) atoms. The quantitative estimate of drug-likeness (QED) is 0.187. The lowest BCUT2D eigenvalue weighted by atomic mass is 9.92. The molecule has 1 saturated heterocycles. The van der Waals surface area contributed by atoms with Crippen LogP contribution < -0.4 is 4.90 Å². The summed E-state index contributed by atoms with van der Waals surface area (Å²) in [5.74, 6) is -1.47. The van der Waals surface area contributed by atoms with E-state index in [0.29, 0.717) is 85.0 Å². The Kier molecular flexibility index (Phi) is 9.57. The van der Waals surface area contributed by atoms with Crippen LogP contribution in [0.5, 0.6) is 5.75 Å². The van der Waals surface area contributed by atoms with Crippen LogP contribution in [0.1, 0.15) is 55.9 Å². The van der Waals surface area contributed by atoms with E-state index in [1.807, 2.05) is 21.6 Å². The number of halogens is 2. The summed E-state index contributed by atoms with van der Waals surface area (Å²) in [7, 11) is 0. The zero-order valence-electron chi connectivity index (χ0n) is 29.7. The van der Waals surface area contributed by atoms with E-state index in [9.17, 15) is 19.1 Å². The number of benzene rings is 4. The summed E-state index contributed by atoms with van der Waals surface area (Å²) in [4.78, 5) is 35.4. The summed E-state index contributed by atoms with van der Waals surface area (Å²) in [6.07, 6.45) is 3.03. The SMILES string of the molecule is Cc1ccc(N(C(=O)c2cc(-c3cc(F)ccc3C(=O)N3Cc4ccccc4C[C@H]3CN3CCOCC3)n3c2CCCC3)c2ccc(O)cc2)cc1F. The molecule has 3 aliphatic heterocycles. The molecule has 4 aromatic carbocycles. The highest BCUT2D eigenvalue weighted by atomic mass is 19.1. The van der Waals surface area contributed by atoms with Crippen LogP contribution in [0.15, 0.2) is 91.0 Å². The number of fused-ring (bicyclic) bond motifs is 2. The van der Waals surface area contributed by atoms with E-state index in [1.54, 1.807) is 43.3 Å². The lowest BCUT2D eigenvalue weighted by Crippen LogP contribution is -2.52. The Morgan fingerprint density at radius 1 is 0.849 bits per heavy atom. The van der Waals surface area contributed by atoms with Gasteiger partial charge in [-0.1, -0.05) is 30.3 Å². The van der Waals surface area contributed by atoms with Crippen LogP contribution in [0.4, 0.5) is 20.2 Å². The van der Waals surface area contributed by atoms with Gasteiger partial charge < -0.3 is 19.3 Å². The van der Waals surface area contributed by atoms with Crippen molar-refractivity contribution in [2.75, 3.05) is 37.7 Å². The number of morpholine rings is 1. The molecule has 0 aliphatic carbocycles. The van der Waals surface area contributed by atoms with Gasteiger partial charge in [0.1, 0.15) is 17.4 Å². The number of aromatic nitrogens is 1. The number of carbonyl (C=O) groups is 2. The third kappa shape index (κ3) is 6.84. The average molecular weight is 717 g/mol. The van der Waals surface area contributed by atoms with Gasteiger partial charge in [0.05, 0.1) is 24.5 Å². The van der Waals surface area contributed by atoms with E-state index >= 15 is 4.39 Å². The van der Waals surface area contributed by atoms with E-state index in [4.69, 9.17) is 4.74 Å². The number of phenols is 1. The zero-order valence-corrected chi connectivity index (χ0v) is 29.7. The van der Waals surface area contributed by atoms with Crippen molar-refractivity contribution in [1.29, 1.82) is 0 Å². The van der Waals surface area contributed by atoms with Gasteiger partial charge in [0, 0.05) is 67.0 Å². The van der Waals surface area contributed by atoms with Crippen molar-refractivity contribution in [1.82, 2.24) is 14.4 Å². The molecule has 0 bridgehead atoms. The summed E-state index contributed by atoms with van der Waals surface area (Å²) in [6, 6.07) is 25.0. The summed E-state index contributed by atoms with van der Waals surface area (Å²) in [5.41, 5.74) is 6.13. The highest BCUT2D eigenvalue weighted by molar-refractivity contribution is 6.12. The maximum Gasteiger partial charge on any atom is 0.264 e. The number of hydrogen-bond donors (Lipinski definition) is 1. The largest absolute Gasteiger partial charge is 0.508 e. The van der Waals surface area contributed by atoms with Crippen LogP contribution in [0.25, 0.3) is 11.3 Å². The first-order chi connectivity index (χ1) is 25.7. The van der Waals surface area contributed by atoms with E-state index in [0.717, 1.165) is 37.2 Å². The normalized spacial score (nSPS) is 17.3. The summed E-state index contributed by atoms with van der Waals surface area (Å²) in [6.45, 7) is 6.30. The molecule has 1 fully saturated rings. The second-order valence-electron chi connectivity index (χ2n) is 14.3. The Bertz CT molecular complexity index is 2180.